The van der Waals surface area contributed by atoms with Gasteiger partial charge in [-0.05, 0) is 96.7 Å². The first kappa shape index (κ1) is 25.2. The number of hydrazone groups is 1. The molecule has 3 aromatic carbocycles. The number of phenols is 1. The number of rotatable bonds is 8. The van der Waals surface area contributed by atoms with Crippen LogP contribution in [0.2, 0.25) is 0 Å². The molecule has 0 bridgehead atoms. The molecule has 3 rings (SSSR count). The topological polar surface area (TPSA) is 80.2 Å². The summed E-state index contributed by atoms with van der Waals surface area (Å²) in [5.74, 6) is 0.255. The average Bonchev–Trinajstić information content (AvgIpc) is 2.79. The Labute approximate surface area is 215 Å². The van der Waals surface area contributed by atoms with Crippen LogP contribution in [0.5, 0.6) is 17.2 Å². The molecule has 10 heteroatoms. The van der Waals surface area contributed by atoms with Crippen molar-refractivity contribution in [1.29, 1.82) is 0 Å². The molecule has 1 amide bonds. The molecule has 0 radical (unpaired) electrons. The maximum Gasteiger partial charge on any atom is 0.271 e. The van der Waals surface area contributed by atoms with Crippen molar-refractivity contribution in [2.45, 2.75) is 13.5 Å². The number of carbonyl (C=O) groups is 1. The maximum absolute atomic E-state index is 13.1. The van der Waals surface area contributed by atoms with Gasteiger partial charge in [0.2, 0.25) is 0 Å². The van der Waals surface area contributed by atoms with Gasteiger partial charge in [0.05, 0.1) is 21.8 Å². The number of aromatic hydroxyl groups is 1. The minimum atomic E-state index is -0.451. The highest BCUT2D eigenvalue weighted by Gasteiger charge is 2.13. The van der Waals surface area contributed by atoms with E-state index in [0.717, 1.165) is 5.56 Å². The summed E-state index contributed by atoms with van der Waals surface area (Å²) in [6, 6.07) is 12.5. The van der Waals surface area contributed by atoms with Crippen molar-refractivity contribution in [3.63, 3.8) is 0 Å². The van der Waals surface area contributed by atoms with Crippen LogP contribution in [0.25, 0.3) is 0 Å². The summed E-state index contributed by atoms with van der Waals surface area (Å²) in [7, 11) is 0. The Hall–Kier alpha value is -2.43. The van der Waals surface area contributed by atoms with Crippen molar-refractivity contribution in [2.24, 2.45) is 5.10 Å². The largest absolute Gasteiger partial charge is 0.506 e. The number of carbonyl (C=O) groups excluding carboxylic acids is 1. The lowest BCUT2D eigenvalue weighted by molar-refractivity contribution is 0.0955. The van der Waals surface area contributed by atoms with Crippen molar-refractivity contribution < 1.29 is 23.8 Å². The molecular weight excluding hydrogens is 627 g/mol. The van der Waals surface area contributed by atoms with Gasteiger partial charge in [-0.2, -0.15) is 5.10 Å². The van der Waals surface area contributed by atoms with E-state index in [4.69, 9.17) is 9.47 Å². The van der Waals surface area contributed by atoms with Crippen molar-refractivity contribution in [3.8, 4) is 17.2 Å². The van der Waals surface area contributed by atoms with Crippen LogP contribution >= 0.6 is 47.8 Å². The van der Waals surface area contributed by atoms with Gasteiger partial charge in [-0.3, -0.25) is 4.79 Å². The monoisotopic (exact) mass is 642 g/mol. The lowest BCUT2D eigenvalue weighted by Gasteiger charge is -2.14. The van der Waals surface area contributed by atoms with Crippen LogP contribution in [0.3, 0.4) is 0 Å². The summed E-state index contributed by atoms with van der Waals surface area (Å²) in [5.41, 5.74) is 4.23. The van der Waals surface area contributed by atoms with Gasteiger partial charge in [0.1, 0.15) is 18.2 Å². The van der Waals surface area contributed by atoms with Gasteiger partial charge >= 0.3 is 0 Å². The summed E-state index contributed by atoms with van der Waals surface area (Å²) in [6.45, 7) is 2.52. The van der Waals surface area contributed by atoms with E-state index in [1.165, 1.54) is 30.5 Å². The molecule has 0 unspecified atom stereocenters. The molecule has 0 spiro atoms. The zero-order valence-corrected chi connectivity index (χ0v) is 22.0. The van der Waals surface area contributed by atoms with E-state index < -0.39 is 5.91 Å². The summed E-state index contributed by atoms with van der Waals surface area (Å²) < 4.78 is 26.1. The van der Waals surface area contributed by atoms with E-state index in [9.17, 15) is 14.3 Å². The number of nitrogens with zero attached hydrogens (tertiary/aromatic N) is 1. The maximum atomic E-state index is 13.1. The first-order valence-corrected chi connectivity index (χ1v) is 12.0. The first-order chi connectivity index (χ1) is 15.8. The number of halogens is 4. The third-order valence-corrected chi connectivity index (χ3v) is 6.22. The molecule has 0 saturated heterocycles. The Kier molecular flexibility index (Phi) is 8.87. The minimum Gasteiger partial charge on any atom is -0.506 e. The standard InChI is InChI=1S/C23H18Br3FN2O4/c1-2-32-20-9-15(11-28-29-23(31)14-7-18(25)22(30)19(26)8-14)17(24)10-21(20)33-12-13-3-5-16(27)6-4-13/h3-11,30H,2,12H2,1H3,(H,29,31)/b28-11-. The highest BCUT2D eigenvalue weighted by Crippen LogP contribution is 2.34. The molecule has 0 aliphatic heterocycles. The Morgan fingerprint density at radius 1 is 1.03 bits per heavy atom. The number of ether oxygens (including phenoxy) is 2. The molecule has 3 aromatic rings. The fourth-order valence-electron chi connectivity index (χ4n) is 2.69. The molecule has 0 aliphatic carbocycles. The van der Waals surface area contributed by atoms with E-state index in [1.54, 1.807) is 24.3 Å². The molecule has 2 N–H and O–H groups in total. The molecule has 6 nitrogen and oxygen atoms in total. The van der Waals surface area contributed by atoms with Gasteiger partial charge in [-0.1, -0.05) is 12.1 Å². The van der Waals surface area contributed by atoms with Gasteiger partial charge in [-0.15, -0.1) is 0 Å². The number of amides is 1. The van der Waals surface area contributed by atoms with E-state index in [-0.39, 0.29) is 18.2 Å². The fraction of sp³-hybridized carbons (Fsp3) is 0.130. The van der Waals surface area contributed by atoms with Crippen LogP contribution in [-0.4, -0.2) is 23.8 Å². The Morgan fingerprint density at radius 3 is 2.30 bits per heavy atom. The SMILES string of the molecule is CCOc1cc(/C=N\NC(=O)c2cc(Br)c(O)c(Br)c2)c(Br)cc1OCc1ccc(F)cc1. The third-order valence-electron chi connectivity index (χ3n) is 4.32. The minimum absolute atomic E-state index is 0.00386. The number of benzene rings is 3. The predicted molar refractivity (Wildman–Crippen MR) is 135 cm³/mol. The van der Waals surface area contributed by atoms with Crippen LogP contribution in [0.1, 0.15) is 28.4 Å². The molecule has 0 aromatic heterocycles. The highest BCUT2D eigenvalue weighted by molar-refractivity contribution is 9.11. The summed E-state index contributed by atoms with van der Waals surface area (Å²) in [6.07, 6.45) is 1.47. The van der Waals surface area contributed by atoms with Crippen LogP contribution in [0, 0.1) is 5.82 Å². The molecule has 0 heterocycles. The van der Waals surface area contributed by atoms with E-state index in [1.807, 2.05) is 6.92 Å². The van der Waals surface area contributed by atoms with Gasteiger partial charge in [0.25, 0.3) is 5.91 Å². The number of hydrogen-bond donors (Lipinski definition) is 2. The van der Waals surface area contributed by atoms with Crippen LogP contribution in [0.15, 0.2) is 67.1 Å². The lowest BCUT2D eigenvalue weighted by atomic mass is 10.2. The van der Waals surface area contributed by atoms with Gasteiger partial charge in [0.15, 0.2) is 11.5 Å². The zero-order chi connectivity index (χ0) is 24.0. The highest BCUT2D eigenvalue weighted by atomic mass is 79.9. The molecule has 33 heavy (non-hydrogen) atoms. The molecule has 172 valence electrons. The number of phenolic OH excluding ortho intramolecular Hbond substituents is 1. The summed E-state index contributed by atoms with van der Waals surface area (Å²) in [5, 5.41) is 13.8. The van der Waals surface area contributed by atoms with Crippen molar-refractivity contribution >= 4 is 59.9 Å². The normalized spacial score (nSPS) is 10.9. The molecule has 0 atom stereocenters. The van der Waals surface area contributed by atoms with Crippen LogP contribution in [0.4, 0.5) is 4.39 Å². The smallest absolute Gasteiger partial charge is 0.271 e. The van der Waals surface area contributed by atoms with E-state index >= 15 is 0 Å². The fourth-order valence-corrected chi connectivity index (χ4v) is 4.31. The quantitative estimate of drug-likeness (QED) is 0.215. The number of nitrogens with one attached hydrogen (secondary N) is 1. The third kappa shape index (κ3) is 6.78. The second-order valence-corrected chi connectivity index (χ2v) is 9.22. The Bertz CT molecular complexity index is 1160. The number of hydrogen-bond acceptors (Lipinski definition) is 5. The first-order valence-electron chi connectivity index (χ1n) is 9.63. The lowest BCUT2D eigenvalue weighted by Crippen LogP contribution is -2.17. The van der Waals surface area contributed by atoms with Crippen molar-refractivity contribution in [2.75, 3.05) is 6.61 Å². The summed E-state index contributed by atoms with van der Waals surface area (Å²) in [4.78, 5) is 12.4. The van der Waals surface area contributed by atoms with Gasteiger partial charge in [0, 0.05) is 15.6 Å². The second kappa shape index (κ2) is 11.6. The summed E-state index contributed by atoms with van der Waals surface area (Å²) >= 11 is 9.86. The van der Waals surface area contributed by atoms with Gasteiger partial charge < -0.3 is 14.6 Å². The Balaban J connectivity index is 1.73. The zero-order valence-electron chi connectivity index (χ0n) is 17.2. The molecule has 0 aliphatic rings. The van der Waals surface area contributed by atoms with Gasteiger partial charge in [-0.25, -0.2) is 9.82 Å². The molecule has 0 saturated carbocycles. The van der Waals surface area contributed by atoms with Crippen LogP contribution in [-0.2, 0) is 6.61 Å². The van der Waals surface area contributed by atoms with Crippen molar-refractivity contribution in [1.82, 2.24) is 5.43 Å². The second-order valence-electron chi connectivity index (χ2n) is 6.66. The van der Waals surface area contributed by atoms with Crippen molar-refractivity contribution in [3.05, 3.63) is 84.5 Å². The van der Waals surface area contributed by atoms with E-state index in [0.29, 0.717) is 42.7 Å². The average molecular weight is 645 g/mol. The Morgan fingerprint density at radius 2 is 1.67 bits per heavy atom. The molecule has 0 fully saturated rings. The predicted octanol–water partition coefficient (Wildman–Crippen LogP) is 6.56. The molecular formula is C23H18Br3FN2O4. The van der Waals surface area contributed by atoms with Crippen LogP contribution < -0.4 is 14.9 Å². The van der Waals surface area contributed by atoms with E-state index in [2.05, 4.69) is 58.3 Å².